The molecule has 0 bridgehead atoms. The highest BCUT2D eigenvalue weighted by Crippen LogP contribution is 2.40. The predicted molar refractivity (Wildman–Crippen MR) is 115 cm³/mol. The lowest BCUT2D eigenvalue weighted by atomic mass is 10.1. The van der Waals surface area contributed by atoms with E-state index in [1.165, 1.54) is 29.4 Å². The minimum Gasteiger partial charge on any atom is -0.464 e. The number of rotatable bonds is 9. The number of furan rings is 1. The Balaban J connectivity index is 1.47. The van der Waals surface area contributed by atoms with Gasteiger partial charge in [-0.05, 0) is 38.8 Å². The molecule has 1 N–H and O–H groups in total. The van der Waals surface area contributed by atoms with Crippen LogP contribution in [0, 0.1) is 0 Å². The van der Waals surface area contributed by atoms with Gasteiger partial charge in [0.2, 0.25) is 5.91 Å². The van der Waals surface area contributed by atoms with Gasteiger partial charge in [0.15, 0.2) is 5.16 Å². The molecule has 0 aromatic carbocycles. The third-order valence-electron chi connectivity index (χ3n) is 4.65. The van der Waals surface area contributed by atoms with Crippen molar-refractivity contribution in [1.82, 2.24) is 14.8 Å². The van der Waals surface area contributed by atoms with Crippen molar-refractivity contribution >= 4 is 40.0 Å². The highest BCUT2D eigenvalue weighted by Gasteiger charge is 2.30. The molecule has 10 heteroatoms. The number of thioether (sulfide) groups is 1. The van der Waals surface area contributed by atoms with Crippen LogP contribution in [0.1, 0.15) is 48.8 Å². The van der Waals surface area contributed by atoms with Crippen molar-refractivity contribution < 1.29 is 18.7 Å². The van der Waals surface area contributed by atoms with E-state index in [-0.39, 0.29) is 18.3 Å². The molecule has 1 aliphatic carbocycles. The number of aromatic nitrogens is 3. The molecule has 1 saturated carbocycles. The molecule has 158 valence electrons. The quantitative estimate of drug-likeness (QED) is 0.384. The largest absolute Gasteiger partial charge is 0.464 e. The standard InChI is InChI=1S/C20H22N4O4S2/c1-3-24-17(12-7-8-12)22-23-20(24)30-11-15(25)21-18-16(19(26)27-4-2)13(10-29-18)14-6-5-9-28-14/h5-6,9-10,12H,3-4,7-8,11H2,1-2H3,(H,21,25). The lowest BCUT2D eigenvalue weighted by Crippen LogP contribution is -2.17. The number of carbonyl (C=O) groups is 2. The summed E-state index contributed by atoms with van der Waals surface area (Å²) in [7, 11) is 0. The maximum absolute atomic E-state index is 12.6. The second-order valence-corrected chi connectivity index (χ2v) is 8.57. The molecule has 3 heterocycles. The first-order valence-corrected chi connectivity index (χ1v) is 11.7. The van der Waals surface area contributed by atoms with Gasteiger partial charge in [0, 0.05) is 23.4 Å². The van der Waals surface area contributed by atoms with E-state index in [0.717, 1.165) is 30.4 Å². The molecule has 3 aromatic rings. The van der Waals surface area contributed by atoms with E-state index in [1.807, 2.05) is 6.92 Å². The van der Waals surface area contributed by atoms with Crippen LogP contribution in [-0.2, 0) is 16.1 Å². The molecular weight excluding hydrogens is 424 g/mol. The second kappa shape index (κ2) is 9.05. The first kappa shape index (κ1) is 20.7. The second-order valence-electron chi connectivity index (χ2n) is 6.75. The molecule has 3 aromatic heterocycles. The average molecular weight is 447 g/mol. The van der Waals surface area contributed by atoms with Crippen LogP contribution in [-0.4, -0.2) is 39.0 Å². The Morgan fingerprint density at radius 2 is 2.20 bits per heavy atom. The van der Waals surface area contributed by atoms with Gasteiger partial charge < -0.3 is 19.0 Å². The number of nitrogens with one attached hydrogen (secondary N) is 1. The lowest BCUT2D eigenvalue weighted by Gasteiger charge is -2.08. The van der Waals surface area contributed by atoms with Gasteiger partial charge in [0.05, 0.1) is 18.6 Å². The van der Waals surface area contributed by atoms with E-state index in [2.05, 4.69) is 20.1 Å². The van der Waals surface area contributed by atoms with E-state index in [1.54, 1.807) is 24.4 Å². The number of anilines is 1. The fourth-order valence-electron chi connectivity index (χ4n) is 3.11. The van der Waals surface area contributed by atoms with Crippen LogP contribution in [0.25, 0.3) is 11.3 Å². The molecule has 1 amide bonds. The van der Waals surface area contributed by atoms with Gasteiger partial charge in [-0.2, -0.15) is 0 Å². The number of carbonyl (C=O) groups excluding carboxylic acids is 2. The van der Waals surface area contributed by atoms with E-state index in [9.17, 15) is 9.59 Å². The van der Waals surface area contributed by atoms with Crippen LogP contribution in [0.4, 0.5) is 5.00 Å². The lowest BCUT2D eigenvalue weighted by molar-refractivity contribution is -0.113. The summed E-state index contributed by atoms with van der Waals surface area (Å²) in [5.74, 6) is 1.50. The summed E-state index contributed by atoms with van der Waals surface area (Å²) in [6.45, 7) is 4.80. The number of hydrogen-bond donors (Lipinski definition) is 1. The molecule has 1 fully saturated rings. The summed E-state index contributed by atoms with van der Waals surface area (Å²) in [6.07, 6.45) is 3.84. The number of thiophene rings is 1. The van der Waals surface area contributed by atoms with Gasteiger partial charge in [0.25, 0.3) is 0 Å². The van der Waals surface area contributed by atoms with Crippen molar-refractivity contribution in [3.8, 4) is 11.3 Å². The summed E-state index contributed by atoms with van der Waals surface area (Å²) in [6, 6.07) is 3.51. The van der Waals surface area contributed by atoms with Crippen LogP contribution in [0.5, 0.6) is 0 Å². The Bertz CT molecular complexity index is 1040. The average Bonchev–Trinajstić information content (AvgIpc) is 3.14. The van der Waals surface area contributed by atoms with Gasteiger partial charge in [-0.3, -0.25) is 4.79 Å². The van der Waals surface area contributed by atoms with Crippen molar-refractivity contribution in [2.24, 2.45) is 0 Å². The van der Waals surface area contributed by atoms with E-state index >= 15 is 0 Å². The van der Waals surface area contributed by atoms with Gasteiger partial charge in [0.1, 0.15) is 22.1 Å². The zero-order valence-corrected chi connectivity index (χ0v) is 18.3. The van der Waals surface area contributed by atoms with E-state index in [0.29, 0.717) is 27.8 Å². The molecule has 0 aliphatic heterocycles. The van der Waals surface area contributed by atoms with Crippen molar-refractivity contribution in [3.05, 3.63) is 35.2 Å². The van der Waals surface area contributed by atoms with E-state index in [4.69, 9.17) is 9.15 Å². The zero-order chi connectivity index (χ0) is 21.1. The van der Waals surface area contributed by atoms with Crippen molar-refractivity contribution in [2.45, 2.75) is 44.3 Å². The number of esters is 1. The van der Waals surface area contributed by atoms with Crippen LogP contribution in [0.3, 0.4) is 0 Å². The molecular formula is C20H22N4O4S2. The first-order chi connectivity index (χ1) is 14.6. The molecule has 4 rings (SSSR count). The Morgan fingerprint density at radius 1 is 1.37 bits per heavy atom. The van der Waals surface area contributed by atoms with Crippen molar-refractivity contribution in [1.29, 1.82) is 0 Å². The van der Waals surface area contributed by atoms with Gasteiger partial charge in [-0.25, -0.2) is 4.79 Å². The number of hydrogen-bond acceptors (Lipinski definition) is 8. The predicted octanol–water partition coefficient (Wildman–Crippen LogP) is 4.40. The summed E-state index contributed by atoms with van der Waals surface area (Å²) < 4.78 is 12.7. The highest BCUT2D eigenvalue weighted by molar-refractivity contribution is 7.99. The monoisotopic (exact) mass is 446 g/mol. The molecule has 30 heavy (non-hydrogen) atoms. The summed E-state index contributed by atoms with van der Waals surface area (Å²) >= 11 is 2.61. The molecule has 0 unspecified atom stereocenters. The van der Waals surface area contributed by atoms with E-state index < -0.39 is 5.97 Å². The van der Waals surface area contributed by atoms with Gasteiger partial charge in [-0.1, -0.05) is 11.8 Å². The van der Waals surface area contributed by atoms with Gasteiger partial charge in [-0.15, -0.1) is 21.5 Å². The molecule has 0 radical (unpaired) electrons. The molecule has 0 saturated heterocycles. The maximum Gasteiger partial charge on any atom is 0.341 e. The third kappa shape index (κ3) is 4.29. The van der Waals surface area contributed by atoms with Crippen LogP contribution in [0.15, 0.2) is 33.3 Å². The van der Waals surface area contributed by atoms with Crippen LogP contribution >= 0.6 is 23.1 Å². The Kier molecular flexibility index (Phi) is 6.24. The maximum atomic E-state index is 12.6. The Morgan fingerprint density at radius 3 is 2.87 bits per heavy atom. The molecule has 0 spiro atoms. The minimum absolute atomic E-state index is 0.166. The van der Waals surface area contributed by atoms with Crippen LogP contribution in [0.2, 0.25) is 0 Å². The molecule has 1 aliphatic rings. The zero-order valence-electron chi connectivity index (χ0n) is 16.7. The Hall–Kier alpha value is -2.59. The topological polar surface area (TPSA) is 99.2 Å². The highest BCUT2D eigenvalue weighted by atomic mass is 32.2. The third-order valence-corrected chi connectivity index (χ3v) is 6.51. The SMILES string of the molecule is CCOC(=O)c1c(-c2ccco2)csc1NC(=O)CSc1nnc(C2CC2)n1CC. The number of nitrogens with zero attached hydrogens (tertiary/aromatic N) is 3. The molecule has 8 nitrogen and oxygen atoms in total. The smallest absolute Gasteiger partial charge is 0.341 e. The fraction of sp³-hybridized carbons (Fsp3) is 0.400. The van der Waals surface area contributed by atoms with Gasteiger partial charge >= 0.3 is 5.97 Å². The normalized spacial score (nSPS) is 13.4. The summed E-state index contributed by atoms with van der Waals surface area (Å²) in [5.41, 5.74) is 0.911. The number of ether oxygens (including phenoxy) is 1. The first-order valence-electron chi connectivity index (χ1n) is 9.80. The summed E-state index contributed by atoms with van der Waals surface area (Å²) in [5, 5.41) is 14.3. The fourth-order valence-corrected chi connectivity index (χ4v) is 4.87. The number of amides is 1. The van der Waals surface area contributed by atoms with Crippen LogP contribution < -0.4 is 5.32 Å². The minimum atomic E-state index is -0.493. The molecule has 0 atom stereocenters. The van der Waals surface area contributed by atoms with Crippen molar-refractivity contribution in [3.63, 3.8) is 0 Å². The Labute approximate surface area is 182 Å². The summed E-state index contributed by atoms with van der Waals surface area (Å²) in [4.78, 5) is 25.1. The van der Waals surface area contributed by atoms with Crippen molar-refractivity contribution in [2.75, 3.05) is 17.7 Å².